The second kappa shape index (κ2) is 4.01. The minimum atomic E-state index is 0.336. The van der Waals surface area contributed by atoms with Crippen molar-refractivity contribution in [2.75, 3.05) is 0 Å². The zero-order valence-electron chi connectivity index (χ0n) is 8.02. The minimum absolute atomic E-state index is 0.336. The van der Waals surface area contributed by atoms with Crippen LogP contribution in [0.4, 0.5) is 0 Å². The first-order valence-electron chi connectivity index (χ1n) is 4.34. The Morgan fingerprint density at radius 3 is 2.62 bits per heavy atom. The molecule has 0 saturated heterocycles. The topological polar surface area (TPSA) is 20.2 Å². The van der Waals surface area contributed by atoms with Crippen LogP contribution in [0.3, 0.4) is 0 Å². The average Bonchev–Trinajstić information content (AvgIpc) is 2.09. The number of rotatable bonds is 2. The summed E-state index contributed by atoms with van der Waals surface area (Å²) in [5, 5.41) is 10.4. The van der Waals surface area contributed by atoms with Crippen LogP contribution < -0.4 is 0 Å². The van der Waals surface area contributed by atoms with Crippen molar-refractivity contribution in [3.63, 3.8) is 0 Å². The largest absolute Gasteiger partial charge is 0.508 e. The van der Waals surface area contributed by atoms with Crippen LogP contribution in [-0.4, -0.2) is 5.11 Å². The molecule has 71 valence electrons. The maximum Gasteiger partial charge on any atom is 0.119 e. The van der Waals surface area contributed by atoms with Gasteiger partial charge in [0.2, 0.25) is 0 Å². The molecule has 0 bridgehead atoms. The lowest BCUT2D eigenvalue weighted by Crippen LogP contribution is -1.92. The second-order valence-electron chi connectivity index (χ2n) is 3.23. The monoisotopic (exact) mass is 197 g/mol. The number of hydrogen-bond donors (Lipinski definition) is 1. The molecule has 0 aromatic heterocycles. The summed E-state index contributed by atoms with van der Waals surface area (Å²) >= 11 is 6.06. The predicted octanol–water partition coefficient (Wildman–Crippen LogP) is 3.43. The summed E-state index contributed by atoms with van der Waals surface area (Å²) in [6.07, 6.45) is 1.55. The molecule has 0 saturated carbocycles. The number of hydrogen-bond acceptors (Lipinski definition) is 1. The normalized spacial score (nSPS) is 10.5. The molecule has 0 unspecified atom stereocenters. The number of phenols is 1. The van der Waals surface area contributed by atoms with E-state index in [2.05, 4.69) is 6.92 Å². The molecule has 1 radical (unpaired) electrons. The fraction of sp³-hybridized carbons (Fsp3) is 0.364. The van der Waals surface area contributed by atoms with Gasteiger partial charge in [0.05, 0.1) is 0 Å². The molecule has 1 aromatic carbocycles. The molecule has 0 aliphatic carbocycles. The van der Waals surface area contributed by atoms with Crippen LogP contribution in [0.25, 0.3) is 0 Å². The molecule has 13 heavy (non-hydrogen) atoms. The van der Waals surface area contributed by atoms with E-state index in [0.29, 0.717) is 5.75 Å². The highest BCUT2D eigenvalue weighted by molar-refractivity contribution is 6.32. The lowest BCUT2D eigenvalue weighted by atomic mass is 10.0. The average molecular weight is 198 g/mol. The molecular weight excluding hydrogens is 184 g/mol. The zero-order valence-corrected chi connectivity index (χ0v) is 8.78. The van der Waals surface area contributed by atoms with Gasteiger partial charge in [-0.05, 0) is 49.4 Å². The van der Waals surface area contributed by atoms with Gasteiger partial charge in [-0.25, -0.2) is 0 Å². The molecule has 0 aliphatic heterocycles. The Kier molecular flexibility index (Phi) is 3.21. The molecule has 0 heterocycles. The molecule has 1 aromatic rings. The van der Waals surface area contributed by atoms with Crippen molar-refractivity contribution >= 4 is 11.6 Å². The molecule has 1 rings (SSSR count). The summed E-state index contributed by atoms with van der Waals surface area (Å²) in [6.45, 7) is 7.58. The molecule has 0 atom stereocenters. The van der Waals surface area contributed by atoms with Crippen LogP contribution in [0.2, 0.25) is 5.02 Å². The molecule has 0 aliphatic rings. The Balaban J connectivity index is 3.26. The Labute approximate surface area is 84.4 Å². The van der Waals surface area contributed by atoms with Gasteiger partial charge >= 0.3 is 0 Å². The molecule has 0 spiro atoms. The van der Waals surface area contributed by atoms with E-state index in [-0.39, 0.29) is 0 Å². The molecule has 1 N–H and O–H groups in total. The van der Waals surface area contributed by atoms with E-state index in [0.717, 1.165) is 34.6 Å². The Morgan fingerprint density at radius 2 is 2.08 bits per heavy atom. The smallest absolute Gasteiger partial charge is 0.119 e. The van der Waals surface area contributed by atoms with Gasteiger partial charge in [-0.3, -0.25) is 0 Å². The summed E-state index contributed by atoms with van der Waals surface area (Å²) in [6, 6.07) is 1.71. The van der Waals surface area contributed by atoms with Crippen molar-refractivity contribution in [3.8, 4) is 5.75 Å². The van der Waals surface area contributed by atoms with Crippen molar-refractivity contribution in [3.05, 3.63) is 34.7 Å². The van der Waals surface area contributed by atoms with E-state index < -0.39 is 0 Å². The second-order valence-corrected chi connectivity index (χ2v) is 3.61. The number of aryl methyl sites for hydroxylation is 1. The number of halogens is 1. The van der Waals surface area contributed by atoms with E-state index in [1.54, 1.807) is 6.07 Å². The van der Waals surface area contributed by atoms with Crippen LogP contribution in [0.5, 0.6) is 5.75 Å². The first-order chi connectivity index (χ1) is 6.07. The quantitative estimate of drug-likeness (QED) is 0.770. The third kappa shape index (κ3) is 1.97. The first-order valence-corrected chi connectivity index (χ1v) is 4.72. The number of phenolic OH excluding ortho intramolecular Hbond substituents is 1. The molecule has 0 fully saturated rings. The van der Waals surface area contributed by atoms with E-state index >= 15 is 0 Å². The van der Waals surface area contributed by atoms with Crippen molar-refractivity contribution < 1.29 is 5.11 Å². The summed E-state index contributed by atoms with van der Waals surface area (Å²) in [5.74, 6) is 0.336. The maximum atomic E-state index is 9.64. The predicted molar refractivity (Wildman–Crippen MR) is 56.3 cm³/mol. The number of benzene rings is 1. The first kappa shape index (κ1) is 10.4. The molecule has 0 amide bonds. The van der Waals surface area contributed by atoms with Gasteiger partial charge in [0.1, 0.15) is 5.75 Å². The van der Waals surface area contributed by atoms with Crippen molar-refractivity contribution in [1.29, 1.82) is 0 Å². The highest BCUT2D eigenvalue weighted by Gasteiger charge is 2.09. The van der Waals surface area contributed by atoms with Gasteiger partial charge in [-0.1, -0.05) is 18.5 Å². The Hall–Kier alpha value is -0.690. The highest BCUT2D eigenvalue weighted by Crippen LogP contribution is 2.31. The van der Waals surface area contributed by atoms with Gasteiger partial charge < -0.3 is 5.11 Å². The molecule has 1 nitrogen and oxygen atoms in total. The van der Waals surface area contributed by atoms with E-state index in [1.807, 2.05) is 13.8 Å². The number of aromatic hydroxyl groups is 1. The lowest BCUT2D eigenvalue weighted by Gasteiger charge is -2.11. The van der Waals surface area contributed by atoms with Gasteiger partial charge in [0, 0.05) is 5.02 Å². The van der Waals surface area contributed by atoms with Crippen molar-refractivity contribution in [2.24, 2.45) is 0 Å². The van der Waals surface area contributed by atoms with Gasteiger partial charge in [0.25, 0.3) is 0 Å². The lowest BCUT2D eigenvalue weighted by molar-refractivity contribution is 0.467. The Morgan fingerprint density at radius 1 is 1.46 bits per heavy atom. The third-order valence-corrected chi connectivity index (χ3v) is 2.80. The Bertz CT molecular complexity index is 318. The van der Waals surface area contributed by atoms with Crippen LogP contribution in [-0.2, 0) is 6.42 Å². The fourth-order valence-electron chi connectivity index (χ4n) is 1.47. The fourth-order valence-corrected chi connectivity index (χ4v) is 1.64. The summed E-state index contributed by atoms with van der Waals surface area (Å²) in [5.41, 5.74) is 2.82. The van der Waals surface area contributed by atoms with Crippen LogP contribution in [0, 0.1) is 20.8 Å². The van der Waals surface area contributed by atoms with Crippen molar-refractivity contribution in [1.82, 2.24) is 0 Å². The van der Waals surface area contributed by atoms with Crippen molar-refractivity contribution in [2.45, 2.75) is 26.7 Å². The van der Waals surface area contributed by atoms with E-state index in [1.165, 1.54) is 0 Å². The maximum absolute atomic E-state index is 9.64. The highest BCUT2D eigenvalue weighted by atomic mass is 35.5. The van der Waals surface area contributed by atoms with E-state index in [4.69, 9.17) is 11.6 Å². The van der Waals surface area contributed by atoms with Gasteiger partial charge in [-0.2, -0.15) is 0 Å². The molecular formula is C11H14ClO. The zero-order chi connectivity index (χ0) is 10.0. The van der Waals surface area contributed by atoms with Crippen LogP contribution in [0.1, 0.15) is 23.1 Å². The summed E-state index contributed by atoms with van der Waals surface area (Å²) in [7, 11) is 0. The standard InChI is InChI=1S/C11H14ClO/c1-4-5-9-8(3)11(12)7(2)6-10(9)13/h6,13H,1,4-5H2,2-3H3. The minimum Gasteiger partial charge on any atom is -0.508 e. The van der Waals surface area contributed by atoms with Gasteiger partial charge in [0.15, 0.2) is 0 Å². The third-order valence-electron chi connectivity index (χ3n) is 2.22. The van der Waals surface area contributed by atoms with Gasteiger partial charge in [-0.15, -0.1) is 0 Å². The van der Waals surface area contributed by atoms with Crippen LogP contribution >= 0.6 is 11.6 Å². The summed E-state index contributed by atoms with van der Waals surface area (Å²) < 4.78 is 0. The molecule has 2 heteroatoms. The SMILES string of the molecule is [CH2]CCc1c(O)cc(C)c(Cl)c1C. The summed E-state index contributed by atoms with van der Waals surface area (Å²) in [4.78, 5) is 0. The van der Waals surface area contributed by atoms with Crippen LogP contribution in [0.15, 0.2) is 6.07 Å². The van der Waals surface area contributed by atoms with E-state index in [9.17, 15) is 5.11 Å².